The molecular weight excluding hydrogens is 120 g/mol. The first kappa shape index (κ1) is 9.74. The number of hydrogen-bond donors (Lipinski definition) is 0. The van der Waals surface area contributed by atoms with E-state index in [1.807, 2.05) is 6.08 Å². The van der Waals surface area contributed by atoms with Gasteiger partial charge in [0, 0.05) is 0 Å². The molecule has 0 bridgehead atoms. The molecule has 1 radical (unpaired) electrons. The van der Waals surface area contributed by atoms with E-state index in [0.717, 1.165) is 6.42 Å². The minimum Gasteiger partial charge on any atom is -0.103 e. The Labute approximate surface area is 65.3 Å². The molecule has 10 heavy (non-hydrogen) atoms. The third-order valence-electron chi connectivity index (χ3n) is 1.81. The van der Waals surface area contributed by atoms with Crippen LogP contribution in [0.25, 0.3) is 0 Å². The first-order valence-electron chi connectivity index (χ1n) is 4.23. The Balaban J connectivity index is 2.95. The maximum absolute atomic E-state index is 3.80. The van der Waals surface area contributed by atoms with Crippen LogP contribution in [-0.2, 0) is 0 Å². The largest absolute Gasteiger partial charge is 0.103 e. The Morgan fingerprint density at radius 1 is 1.30 bits per heavy atom. The predicted molar refractivity (Wildman–Crippen MR) is 47.8 cm³/mol. The van der Waals surface area contributed by atoms with Crippen LogP contribution in [0, 0.1) is 12.8 Å². The molecule has 0 aromatic carbocycles. The summed E-state index contributed by atoms with van der Waals surface area (Å²) in [6.07, 6.45) is 8.37. The number of rotatable bonds is 6. The highest BCUT2D eigenvalue weighted by Crippen LogP contribution is 2.10. The summed E-state index contributed by atoms with van der Waals surface area (Å²) >= 11 is 0. The molecule has 0 heteroatoms. The molecule has 0 aromatic heterocycles. The molecule has 1 atom stereocenters. The van der Waals surface area contributed by atoms with Crippen LogP contribution in [0.5, 0.6) is 0 Å². The number of unbranched alkanes of at least 4 members (excludes halogenated alkanes) is 3. The summed E-state index contributed by atoms with van der Waals surface area (Å²) in [7, 11) is 0. The third-order valence-corrected chi connectivity index (χ3v) is 1.81. The summed E-state index contributed by atoms with van der Waals surface area (Å²) in [6, 6.07) is 0. The van der Waals surface area contributed by atoms with Crippen LogP contribution in [0.3, 0.4) is 0 Å². The maximum atomic E-state index is 3.80. The maximum Gasteiger partial charge on any atom is -0.0265 e. The van der Waals surface area contributed by atoms with Crippen molar-refractivity contribution in [2.75, 3.05) is 0 Å². The average Bonchev–Trinajstić information content (AvgIpc) is 1.98. The van der Waals surface area contributed by atoms with E-state index in [1.165, 1.54) is 25.7 Å². The summed E-state index contributed by atoms with van der Waals surface area (Å²) in [4.78, 5) is 0. The van der Waals surface area contributed by atoms with Crippen LogP contribution < -0.4 is 0 Å². The summed E-state index contributed by atoms with van der Waals surface area (Å²) in [5, 5.41) is 0. The van der Waals surface area contributed by atoms with Gasteiger partial charge in [-0.3, -0.25) is 0 Å². The van der Waals surface area contributed by atoms with Crippen molar-refractivity contribution in [3.05, 3.63) is 19.6 Å². The second-order valence-electron chi connectivity index (χ2n) is 2.92. The van der Waals surface area contributed by atoms with Crippen LogP contribution >= 0.6 is 0 Å². The Morgan fingerprint density at radius 3 is 2.50 bits per heavy atom. The quantitative estimate of drug-likeness (QED) is 0.389. The Kier molecular flexibility index (Phi) is 6.68. The van der Waals surface area contributed by atoms with Gasteiger partial charge in [0.15, 0.2) is 0 Å². The number of allylic oxidation sites excluding steroid dienone is 1. The summed E-state index contributed by atoms with van der Waals surface area (Å²) in [5.74, 6) is 0.699. The normalized spacial score (nSPS) is 13.0. The molecule has 0 heterocycles. The van der Waals surface area contributed by atoms with Gasteiger partial charge in [0.1, 0.15) is 0 Å². The highest BCUT2D eigenvalue weighted by molar-refractivity contribution is 4.74. The van der Waals surface area contributed by atoms with Gasteiger partial charge in [-0.05, 0) is 12.3 Å². The molecule has 0 saturated carbocycles. The minimum atomic E-state index is 0.699. The second-order valence-corrected chi connectivity index (χ2v) is 2.92. The van der Waals surface area contributed by atoms with Crippen LogP contribution in [-0.4, -0.2) is 0 Å². The van der Waals surface area contributed by atoms with E-state index in [9.17, 15) is 0 Å². The average molecular weight is 139 g/mol. The molecule has 0 rings (SSSR count). The Morgan fingerprint density at radius 2 is 2.00 bits per heavy atom. The lowest BCUT2D eigenvalue weighted by atomic mass is 10.0. The fourth-order valence-corrected chi connectivity index (χ4v) is 0.938. The van der Waals surface area contributed by atoms with Crippen LogP contribution in [0.15, 0.2) is 12.7 Å². The first-order valence-corrected chi connectivity index (χ1v) is 4.23. The third kappa shape index (κ3) is 5.87. The molecule has 0 aliphatic carbocycles. The van der Waals surface area contributed by atoms with Crippen molar-refractivity contribution < 1.29 is 0 Å². The SMILES string of the molecule is [CH2]CCCCCC(C)C=C. The molecule has 0 aliphatic rings. The topological polar surface area (TPSA) is 0 Å². The number of hydrogen-bond acceptors (Lipinski definition) is 0. The molecule has 0 N–H and O–H groups in total. The molecular formula is C10H19. The fourth-order valence-electron chi connectivity index (χ4n) is 0.938. The lowest BCUT2D eigenvalue weighted by Gasteiger charge is -2.03. The van der Waals surface area contributed by atoms with Gasteiger partial charge in [-0.15, -0.1) is 6.58 Å². The van der Waals surface area contributed by atoms with E-state index in [1.54, 1.807) is 0 Å². The van der Waals surface area contributed by atoms with Crippen molar-refractivity contribution in [3.63, 3.8) is 0 Å². The van der Waals surface area contributed by atoms with Gasteiger partial charge in [0.25, 0.3) is 0 Å². The zero-order chi connectivity index (χ0) is 7.82. The van der Waals surface area contributed by atoms with Gasteiger partial charge in [-0.2, -0.15) is 0 Å². The first-order chi connectivity index (χ1) is 4.81. The molecule has 0 fully saturated rings. The van der Waals surface area contributed by atoms with Crippen LogP contribution in [0.4, 0.5) is 0 Å². The molecule has 0 amide bonds. The zero-order valence-electron chi connectivity index (χ0n) is 7.10. The van der Waals surface area contributed by atoms with Crippen molar-refractivity contribution >= 4 is 0 Å². The molecule has 59 valence electrons. The van der Waals surface area contributed by atoms with Crippen LogP contribution in [0.2, 0.25) is 0 Å². The van der Waals surface area contributed by atoms with Gasteiger partial charge >= 0.3 is 0 Å². The van der Waals surface area contributed by atoms with Crippen molar-refractivity contribution in [1.82, 2.24) is 0 Å². The molecule has 0 nitrogen and oxygen atoms in total. The van der Waals surface area contributed by atoms with Crippen molar-refractivity contribution in [3.8, 4) is 0 Å². The van der Waals surface area contributed by atoms with Crippen LogP contribution in [0.1, 0.15) is 39.0 Å². The summed E-state index contributed by atoms with van der Waals surface area (Å²) in [6.45, 7) is 9.77. The van der Waals surface area contributed by atoms with E-state index in [-0.39, 0.29) is 0 Å². The monoisotopic (exact) mass is 139 g/mol. The Hall–Kier alpha value is -0.260. The molecule has 0 aliphatic heterocycles. The van der Waals surface area contributed by atoms with Gasteiger partial charge in [-0.1, -0.05) is 45.6 Å². The van der Waals surface area contributed by atoms with Crippen molar-refractivity contribution in [2.24, 2.45) is 5.92 Å². The summed E-state index contributed by atoms with van der Waals surface area (Å²) in [5.41, 5.74) is 0. The zero-order valence-corrected chi connectivity index (χ0v) is 7.10. The van der Waals surface area contributed by atoms with E-state index in [2.05, 4.69) is 20.4 Å². The van der Waals surface area contributed by atoms with Gasteiger partial charge in [-0.25, -0.2) is 0 Å². The molecule has 1 unspecified atom stereocenters. The minimum absolute atomic E-state index is 0.699. The highest BCUT2D eigenvalue weighted by Gasteiger charge is 1.94. The van der Waals surface area contributed by atoms with Gasteiger partial charge in [0.2, 0.25) is 0 Å². The van der Waals surface area contributed by atoms with E-state index < -0.39 is 0 Å². The lowest BCUT2D eigenvalue weighted by molar-refractivity contribution is 0.567. The summed E-state index contributed by atoms with van der Waals surface area (Å²) < 4.78 is 0. The highest BCUT2D eigenvalue weighted by atomic mass is 14.0. The lowest BCUT2D eigenvalue weighted by Crippen LogP contribution is -1.88. The standard InChI is InChI=1S/C10H19/c1-4-6-7-8-9-10(3)5-2/h5,10H,1-2,4,6-9H2,3H3. The molecule has 0 spiro atoms. The van der Waals surface area contributed by atoms with Gasteiger partial charge in [0.05, 0.1) is 0 Å². The van der Waals surface area contributed by atoms with Crippen molar-refractivity contribution in [1.29, 1.82) is 0 Å². The fraction of sp³-hybridized carbons (Fsp3) is 0.700. The van der Waals surface area contributed by atoms with E-state index in [4.69, 9.17) is 0 Å². The van der Waals surface area contributed by atoms with E-state index in [0.29, 0.717) is 5.92 Å². The predicted octanol–water partition coefficient (Wildman–Crippen LogP) is 3.59. The van der Waals surface area contributed by atoms with Gasteiger partial charge < -0.3 is 0 Å². The second kappa shape index (κ2) is 6.85. The van der Waals surface area contributed by atoms with E-state index >= 15 is 0 Å². The molecule has 0 saturated heterocycles. The smallest absolute Gasteiger partial charge is 0.0265 e. The Bertz CT molecular complexity index is 74.1. The van der Waals surface area contributed by atoms with Crippen molar-refractivity contribution in [2.45, 2.75) is 39.0 Å². The molecule has 0 aromatic rings.